The first-order valence-corrected chi connectivity index (χ1v) is 0. The van der Waals surface area contributed by atoms with Crippen LogP contribution in [-0.2, 0) is 29.5 Å². The molecule has 0 rings (SSSR count). The third kappa shape index (κ3) is 10.1. The minimum atomic E-state index is 0. The van der Waals surface area contributed by atoms with Gasteiger partial charge in [-0.15, -0.1) is 0 Å². The molecule has 0 saturated carbocycles. The third-order valence-corrected chi connectivity index (χ3v) is 0. The topological polar surface area (TPSA) is 57.0 Å². The second-order valence-electron chi connectivity index (χ2n) is 0. The minimum Gasteiger partial charge on any atom is -2.00 e. The van der Waals surface area contributed by atoms with Gasteiger partial charge in [0.1, 0.15) is 0 Å². The van der Waals surface area contributed by atoms with Gasteiger partial charge in [-0.05, 0) is 0 Å². The van der Waals surface area contributed by atoms with Crippen LogP contribution in [-0.4, -0.2) is 25.8 Å². The zero-order chi connectivity index (χ0) is 0. The molecule has 0 N–H and O–H groups in total. The van der Waals surface area contributed by atoms with Gasteiger partial charge in [0.25, 0.3) is 0 Å². The van der Waals surface area contributed by atoms with E-state index in [4.69, 9.17) is 0 Å². The molecule has 1 radical (unpaired) electrons. The molecular formula is InO2V-. The van der Waals surface area contributed by atoms with Crippen molar-refractivity contribution in [2.24, 2.45) is 0 Å². The largest absolute Gasteiger partial charge is 3.00 e. The monoisotopic (exact) mass is 198 g/mol. The molecule has 0 unspecified atom stereocenters. The van der Waals surface area contributed by atoms with Crippen LogP contribution in [0.4, 0.5) is 0 Å². The fourth-order valence-corrected chi connectivity index (χ4v) is 0. The van der Waals surface area contributed by atoms with Crippen molar-refractivity contribution in [3.63, 3.8) is 0 Å². The van der Waals surface area contributed by atoms with E-state index >= 15 is 0 Å². The van der Waals surface area contributed by atoms with E-state index < -0.39 is 0 Å². The molecule has 0 aliphatic carbocycles. The first kappa shape index (κ1) is 54.4. The second kappa shape index (κ2) is 26.4. The van der Waals surface area contributed by atoms with E-state index in [0.29, 0.717) is 0 Å². The SMILES string of the molecule is [In+3].[O-2].[O-2].[V]. The maximum atomic E-state index is 0. The smallest absolute Gasteiger partial charge is 2.00 e. The maximum absolute atomic E-state index is 0. The molecular weight excluding hydrogens is 198 g/mol. The molecule has 0 heterocycles. The van der Waals surface area contributed by atoms with Crippen LogP contribution >= 0.6 is 0 Å². The normalized spacial score (nSPS) is 0. The van der Waals surface area contributed by atoms with Gasteiger partial charge in [-0.1, -0.05) is 0 Å². The Labute approximate surface area is 55.2 Å². The van der Waals surface area contributed by atoms with E-state index in [9.17, 15) is 0 Å². The van der Waals surface area contributed by atoms with Crippen molar-refractivity contribution in [3.8, 4) is 0 Å². The fraction of sp³-hybridized carbons (Fsp3) is 0. The maximum Gasteiger partial charge on any atom is 3.00 e. The molecule has 4 heavy (non-hydrogen) atoms. The van der Waals surface area contributed by atoms with Crippen LogP contribution in [0.5, 0.6) is 0 Å². The summed E-state index contributed by atoms with van der Waals surface area (Å²) in [4.78, 5) is 0. The average molecular weight is 198 g/mol. The Morgan fingerprint density at radius 1 is 0.750 bits per heavy atom. The number of hydrogen-bond donors (Lipinski definition) is 0. The molecule has 0 aliphatic rings. The van der Waals surface area contributed by atoms with Gasteiger partial charge in [-0.25, -0.2) is 0 Å². The molecule has 0 aliphatic heterocycles. The summed E-state index contributed by atoms with van der Waals surface area (Å²) in [5.74, 6) is 0. The molecule has 0 bridgehead atoms. The summed E-state index contributed by atoms with van der Waals surface area (Å²) < 4.78 is 0. The van der Waals surface area contributed by atoms with Gasteiger partial charge < -0.3 is 11.0 Å². The second-order valence-corrected chi connectivity index (χ2v) is 0. The van der Waals surface area contributed by atoms with Gasteiger partial charge in [0.15, 0.2) is 0 Å². The first-order valence-electron chi connectivity index (χ1n) is 0. The predicted octanol–water partition coefficient (Wildman–Crippen LogP) is -0.621. The summed E-state index contributed by atoms with van der Waals surface area (Å²) in [6.45, 7) is 0. The van der Waals surface area contributed by atoms with E-state index in [2.05, 4.69) is 0 Å². The Bertz CT molecular complexity index is 6.00. The van der Waals surface area contributed by atoms with Crippen LogP contribution < -0.4 is 0 Å². The molecule has 0 aromatic heterocycles. The van der Waals surface area contributed by atoms with Gasteiger partial charge in [-0.3, -0.25) is 0 Å². The molecule has 0 amide bonds. The number of rotatable bonds is 0. The van der Waals surface area contributed by atoms with E-state index in [-0.39, 0.29) is 55.4 Å². The summed E-state index contributed by atoms with van der Waals surface area (Å²) in [6, 6.07) is 0. The zero-order valence-electron chi connectivity index (χ0n) is 1.84. The summed E-state index contributed by atoms with van der Waals surface area (Å²) in [5, 5.41) is 0. The van der Waals surface area contributed by atoms with Crippen LogP contribution in [0.1, 0.15) is 0 Å². The van der Waals surface area contributed by atoms with Crippen LogP contribution in [0.2, 0.25) is 0 Å². The van der Waals surface area contributed by atoms with Crippen molar-refractivity contribution >= 4 is 25.8 Å². The Balaban J connectivity index is 0. The van der Waals surface area contributed by atoms with Crippen LogP contribution in [0, 0.1) is 0 Å². The van der Waals surface area contributed by atoms with Crippen LogP contribution in [0.3, 0.4) is 0 Å². The Kier molecular flexibility index (Phi) is 359. The molecule has 0 fully saturated rings. The van der Waals surface area contributed by atoms with E-state index in [1.165, 1.54) is 0 Å². The molecule has 2 nitrogen and oxygen atoms in total. The number of hydrogen-bond acceptors (Lipinski definition) is 0. The van der Waals surface area contributed by atoms with Crippen molar-refractivity contribution in [2.45, 2.75) is 0 Å². The van der Waals surface area contributed by atoms with E-state index in [1.54, 1.807) is 0 Å². The molecule has 0 aromatic rings. The van der Waals surface area contributed by atoms with Crippen LogP contribution in [0.15, 0.2) is 0 Å². The van der Waals surface area contributed by atoms with Crippen molar-refractivity contribution < 1.29 is 29.5 Å². The summed E-state index contributed by atoms with van der Waals surface area (Å²) in [7, 11) is 0. The third-order valence-electron chi connectivity index (χ3n) is 0. The van der Waals surface area contributed by atoms with Crippen molar-refractivity contribution in [1.29, 1.82) is 0 Å². The summed E-state index contributed by atoms with van der Waals surface area (Å²) in [5.41, 5.74) is 0. The Morgan fingerprint density at radius 3 is 0.750 bits per heavy atom. The standard InChI is InChI=1S/In.2O.V/q+3;2*-2;. The zero-order valence-corrected chi connectivity index (χ0v) is 6.53. The predicted molar refractivity (Wildman–Crippen MR) is 7.13 cm³/mol. The Morgan fingerprint density at radius 2 is 0.750 bits per heavy atom. The molecule has 0 spiro atoms. The van der Waals surface area contributed by atoms with Crippen molar-refractivity contribution in [2.75, 3.05) is 0 Å². The Hall–Kier alpha value is 1.37. The molecule has 4 heteroatoms. The van der Waals surface area contributed by atoms with Gasteiger partial charge in [0.05, 0.1) is 0 Å². The molecule has 0 aromatic carbocycles. The van der Waals surface area contributed by atoms with Crippen LogP contribution in [0.25, 0.3) is 0 Å². The van der Waals surface area contributed by atoms with Gasteiger partial charge in [0, 0.05) is 18.6 Å². The summed E-state index contributed by atoms with van der Waals surface area (Å²) >= 11 is 0. The van der Waals surface area contributed by atoms with Gasteiger partial charge in [-0.2, -0.15) is 0 Å². The molecule has 21 valence electrons. The summed E-state index contributed by atoms with van der Waals surface area (Å²) in [6.07, 6.45) is 0. The fourth-order valence-electron chi connectivity index (χ4n) is 0. The van der Waals surface area contributed by atoms with E-state index in [0.717, 1.165) is 0 Å². The van der Waals surface area contributed by atoms with Gasteiger partial charge in [0.2, 0.25) is 0 Å². The van der Waals surface area contributed by atoms with E-state index in [1.807, 2.05) is 0 Å². The minimum absolute atomic E-state index is 0. The van der Waals surface area contributed by atoms with Crippen molar-refractivity contribution in [1.82, 2.24) is 0 Å². The quantitative estimate of drug-likeness (QED) is 0.497. The molecule has 0 atom stereocenters. The first-order chi connectivity index (χ1) is 0. The average Bonchev–Trinajstić information content (AvgIpc) is 0. The molecule has 0 saturated heterocycles. The van der Waals surface area contributed by atoms with Crippen molar-refractivity contribution in [3.05, 3.63) is 0 Å². The van der Waals surface area contributed by atoms with Gasteiger partial charge >= 0.3 is 25.8 Å².